The van der Waals surface area contributed by atoms with Gasteiger partial charge in [-0.3, -0.25) is 9.78 Å². The highest BCUT2D eigenvalue weighted by molar-refractivity contribution is 5.85. The minimum atomic E-state index is -0.624. The number of nitrogens with one attached hydrogen (secondary N) is 2. The SMILES string of the molecule is CC(C)C[C@H](NC(=O)OC(C)(C)C)C(=O)NCc1cccnc1. The number of nitrogens with zero attached hydrogens (tertiary/aromatic N) is 1. The lowest BCUT2D eigenvalue weighted by Gasteiger charge is -2.24. The van der Waals surface area contributed by atoms with Crippen LogP contribution in [0.4, 0.5) is 4.79 Å². The van der Waals surface area contributed by atoms with Crippen molar-refractivity contribution in [3.8, 4) is 0 Å². The van der Waals surface area contributed by atoms with Crippen LogP contribution in [-0.4, -0.2) is 28.6 Å². The van der Waals surface area contributed by atoms with Gasteiger partial charge in [-0.2, -0.15) is 0 Å². The molecule has 0 aromatic carbocycles. The normalized spacial score (nSPS) is 12.6. The Kier molecular flexibility index (Phi) is 7.00. The third-order valence-corrected chi connectivity index (χ3v) is 2.90. The summed E-state index contributed by atoms with van der Waals surface area (Å²) in [6, 6.07) is 3.07. The lowest BCUT2D eigenvalue weighted by Crippen LogP contribution is -2.48. The lowest BCUT2D eigenvalue weighted by molar-refractivity contribution is -0.123. The second kappa shape index (κ2) is 8.50. The van der Waals surface area contributed by atoms with Crippen LogP contribution in [0.15, 0.2) is 24.5 Å². The first-order valence-corrected chi connectivity index (χ1v) is 7.83. The number of aromatic nitrogens is 1. The van der Waals surface area contributed by atoms with E-state index in [-0.39, 0.29) is 11.8 Å². The first-order chi connectivity index (χ1) is 10.7. The van der Waals surface area contributed by atoms with Crippen LogP contribution in [0.25, 0.3) is 0 Å². The smallest absolute Gasteiger partial charge is 0.408 e. The van der Waals surface area contributed by atoms with Crippen LogP contribution in [0.1, 0.15) is 46.6 Å². The van der Waals surface area contributed by atoms with Crippen LogP contribution in [0.3, 0.4) is 0 Å². The van der Waals surface area contributed by atoms with E-state index in [0.717, 1.165) is 5.56 Å². The highest BCUT2D eigenvalue weighted by Gasteiger charge is 2.24. The third kappa shape index (κ3) is 8.18. The molecule has 0 saturated heterocycles. The van der Waals surface area contributed by atoms with Crippen molar-refractivity contribution in [1.82, 2.24) is 15.6 Å². The molecule has 128 valence electrons. The number of amides is 2. The fourth-order valence-corrected chi connectivity index (χ4v) is 1.97. The number of hydrogen-bond donors (Lipinski definition) is 2. The van der Waals surface area contributed by atoms with Crippen LogP contribution in [0.5, 0.6) is 0 Å². The Morgan fingerprint density at radius 2 is 2.00 bits per heavy atom. The molecule has 0 bridgehead atoms. The summed E-state index contributed by atoms with van der Waals surface area (Å²) >= 11 is 0. The van der Waals surface area contributed by atoms with Crippen molar-refractivity contribution in [2.75, 3.05) is 0 Å². The fraction of sp³-hybridized carbons (Fsp3) is 0.588. The van der Waals surface area contributed by atoms with Gasteiger partial charge in [0.15, 0.2) is 0 Å². The van der Waals surface area contributed by atoms with Crippen LogP contribution in [-0.2, 0) is 16.1 Å². The largest absolute Gasteiger partial charge is 0.444 e. The average Bonchev–Trinajstić information content (AvgIpc) is 2.42. The fourth-order valence-electron chi connectivity index (χ4n) is 1.97. The maximum Gasteiger partial charge on any atom is 0.408 e. The molecule has 2 N–H and O–H groups in total. The van der Waals surface area contributed by atoms with Gasteiger partial charge < -0.3 is 15.4 Å². The number of pyridine rings is 1. The van der Waals surface area contributed by atoms with Crippen molar-refractivity contribution < 1.29 is 14.3 Å². The van der Waals surface area contributed by atoms with E-state index in [0.29, 0.717) is 13.0 Å². The molecule has 1 rings (SSSR count). The third-order valence-electron chi connectivity index (χ3n) is 2.90. The van der Waals surface area contributed by atoms with Crippen molar-refractivity contribution in [2.45, 2.75) is 59.2 Å². The first-order valence-electron chi connectivity index (χ1n) is 7.83. The Labute approximate surface area is 138 Å². The predicted octanol–water partition coefficient (Wildman–Crippen LogP) is 2.64. The van der Waals surface area contributed by atoms with E-state index in [4.69, 9.17) is 4.74 Å². The summed E-state index contributed by atoms with van der Waals surface area (Å²) in [4.78, 5) is 28.3. The predicted molar refractivity (Wildman–Crippen MR) is 88.7 cm³/mol. The Morgan fingerprint density at radius 1 is 1.30 bits per heavy atom. The van der Waals surface area contributed by atoms with Crippen molar-refractivity contribution in [3.05, 3.63) is 30.1 Å². The molecule has 1 aromatic heterocycles. The van der Waals surface area contributed by atoms with Gasteiger partial charge in [-0.15, -0.1) is 0 Å². The molecule has 0 aliphatic carbocycles. The molecule has 0 aliphatic rings. The highest BCUT2D eigenvalue weighted by Crippen LogP contribution is 2.10. The number of carbonyl (C=O) groups excluding carboxylic acids is 2. The summed E-state index contributed by atoms with van der Waals surface area (Å²) in [7, 11) is 0. The summed E-state index contributed by atoms with van der Waals surface area (Å²) in [5.41, 5.74) is 0.306. The highest BCUT2D eigenvalue weighted by atomic mass is 16.6. The van der Waals surface area contributed by atoms with Gasteiger partial charge in [0.2, 0.25) is 5.91 Å². The van der Waals surface area contributed by atoms with Crippen LogP contribution < -0.4 is 10.6 Å². The van der Waals surface area contributed by atoms with Crippen molar-refractivity contribution in [3.63, 3.8) is 0 Å². The van der Waals surface area contributed by atoms with Gasteiger partial charge >= 0.3 is 6.09 Å². The topological polar surface area (TPSA) is 80.3 Å². The molecular weight excluding hydrogens is 294 g/mol. The van der Waals surface area contributed by atoms with Gasteiger partial charge in [-0.05, 0) is 44.7 Å². The minimum absolute atomic E-state index is 0.228. The molecule has 0 saturated carbocycles. The number of ether oxygens (including phenoxy) is 1. The maximum absolute atomic E-state index is 12.4. The Balaban J connectivity index is 2.61. The van der Waals surface area contributed by atoms with Gasteiger partial charge in [0.1, 0.15) is 11.6 Å². The summed E-state index contributed by atoms with van der Waals surface area (Å²) in [6.07, 6.45) is 3.33. The van der Waals surface area contributed by atoms with E-state index in [2.05, 4.69) is 15.6 Å². The van der Waals surface area contributed by atoms with E-state index in [1.54, 1.807) is 33.2 Å². The van der Waals surface area contributed by atoms with Gasteiger partial charge in [0, 0.05) is 18.9 Å². The Hall–Kier alpha value is -2.11. The zero-order valence-electron chi connectivity index (χ0n) is 14.6. The van der Waals surface area contributed by atoms with Crippen LogP contribution >= 0.6 is 0 Å². The van der Waals surface area contributed by atoms with Gasteiger partial charge in [0.25, 0.3) is 0 Å². The summed E-state index contributed by atoms with van der Waals surface area (Å²) in [6.45, 7) is 9.72. The number of alkyl carbamates (subject to hydrolysis) is 1. The molecule has 6 nitrogen and oxygen atoms in total. The Bertz CT molecular complexity index is 510. The van der Waals surface area contributed by atoms with Crippen LogP contribution in [0.2, 0.25) is 0 Å². The lowest BCUT2D eigenvalue weighted by atomic mass is 10.0. The van der Waals surface area contributed by atoms with E-state index in [9.17, 15) is 9.59 Å². The molecule has 1 aromatic rings. The number of hydrogen-bond acceptors (Lipinski definition) is 4. The van der Waals surface area contributed by atoms with E-state index in [1.165, 1.54) is 0 Å². The van der Waals surface area contributed by atoms with E-state index in [1.807, 2.05) is 26.0 Å². The second-order valence-corrected chi connectivity index (χ2v) is 6.91. The van der Waals surface area contributed by atoms with Crippen LogP contribution in [0, 0.1) is 5.92 Å². The summed E-state index contributed by atoms with van der Waals surface area (Å²) in [5, 5.41) is 5.48. The molecule has 0 unspecified atom stereocenters. The van der Waals surface area contributed by atoms with Gasteiger partial charge in [0.05, 0.1) is 0 Å². The standard InChI is InChI=1S/C17H27N3O3/c1-12(2)9-14(20-16(22)23-17(3,4)5)15(21)19-11-13-7-6-8-18-10-13/h6-8,10,12,14H,9,11H2,1-5H3,(H,19,21)(H,20,22)/t14-/m0/s1. The first kappa shape index (κ1) is 18.9. The zero-order chi connectivity index (χ0) is 17.5. The molecule has 0 fully saturated rings. The van der Waals surface area contributed by atoms with Crippen molar-refractivity contribution >= 4 is 12.0 Å². The van der Waals surface area contributed by atoms with Crippen molar-refractivity contribution in [2.24, 2.45) is 5.92 Å². The van der Waals surface area contributed by atoms with Gasteiger partial charge in [-0.1, -0.05) is 19.9 Å². The maximum atomic E-state index is 12.4. The average molecular weight is 321 g/mol. The molecule has 1 heterocycles. The Morgan fingerprint density at radius 3 is 2.52 bits per heavy atom. The monoisotopic (exact) mass is 321 g/mol. The number of carbonyl (C=O) groups is 2. The number of rotatable bonds is 6. The molecule has 6 heteroatoms. The van der Waals surface area contributed by atoms with Gasteiger partial charge in [-0.25, -0.2) is 4.79 Å². The van der Waals surface area contributed by atoms with E-state index < -0.39 is 17.7 Å². The molecule has 0 spiro atoms. The molecule has 2 amide bonds. The quantitative estimate of drug-likeness (QED) is 0.844. The molecular formula is C17H27N3O3. The van der Waals surface area contributed by atoms with Crippen molar-refractivity contribution in [1.29, 1.82) is 0 Å². The molecule has 0 radical (unpaired) electrons. The zero-order valence-corrected chi connectivity index (χ0v) is 14.6. The van der Waals surface area contributed by atoms with E-state index >= 15 is 0 Å². The molecule has 0 aliphatic heterocycles. The summed E-state index contributed by atoms with van der Waals surface area (Å²) < 4.78 is 5.22. The second-order valence-electron chi connectivity index (χ2n) is 6.91. The minimum Gasteiger partial charge on any atom is -0.444 e. The summed E-state index contributed by atoms with van der Waals surface area (Å²) in [5.74, 6) is 0.0347. The molecule has 23 heavy (non-hydrogen) atoms. The molecule has 1 atom stereocenters.